The normalized spacial score (nSPS) is 14.7. The second-order valence-corrected chi connectivity index (χ2v) is 7.39. The monoisotopic (exact) mass is 374 g/mol. The first kappa shape index (κ1) is 18.4. The molecule has 1 fully saturated rings. The highest BCUT2D eigenvalue weighted by molar-refractivity contribution is 5.90. The lowest BCUT2D eigenvalue weighted by Crippen LogP contribution is -2.36. The van der Waals surface area contributed by atoms with Gasteiger partial charge in [-0.05, 0) is 37.0 Å². The zero-order valence-electron chi connectivity index (χ0n) is 16.1. The lowest BCUT2D eigenvalue weighted by Gasteiger charge is -2.21. The molecular weight excluding hydrogens is 348 g/mol. The molecule has 1 aromatic heterocycles. The molecule has 28 heavy (non-hydrogen) atoms. The number of nitrogens with zero attached hydrogens (tertiary/aromatic N) is 3. The molecule has 144 valence electrons. The highest BCUT2D eigenvalue weighted by Crippen LogP contribution is 2.18. The van der Waals surface area contributed by atoms with Crippen molar-refractivity contribution in [1.82, 2.24) is 20.1 Å². The van der Waals surface area contributed by atoms with Crippen molar-refractivity contribution < 1.29 is 4.79 Å². The van der Waals surface area contributed by atoms with Crippen molar-refractivity contribution in [3.05, 3.63) is 77.9 Å². The minimum Gasteiger partial charge on any atom is -0.347 e. The number of amides is 1. The zero-order chi connectivity index (χ0) is 19.2. The minimum absolute atomic E-state index is 0.164. The number of nitrogens with one attached hydrogen (secondary N) is 1. The number of benzene rings is 2. The number of hydrogen-bond donors (Lipinski definition) is 1. The Hall–Kier alpha value is -2.95. The lowest BCUT2D eigenvalue weighted by atomic mass is 9.95. The first-order valence-corrected chi connectivity index (χ1v) is 10.2. The van der Waals surface area contributed by atoms with Crippen molar-refractivity contribution in [3.63, 3.8) is 0 Å². The average Bonchev–Trinajstić information content (AvgIpc) is 3.19. The fraction of sp³-hybridized carbons (Fsp3) is 0.348. The lowest BCUT2D eigenvalue weighted by molar-refractivity contribution is 0.0917. The fourth-order valence-corrected chi connectivity index (χ4v) is 3.78. The van der Waals surface area contributed by atoms with Crippen LogP contribution >= 0.6 is 0 Å². The van der Waals surface area contributed by atoms with E-state index in [1.165, 1.54) is 24.8 Å². The standard InChI is InChI=1S/C23H26N4O/c28-23(24-19-12-6-2-7-13-19)22-25-21(17-16-18-10-4-1-5-11-18)27(26-22)20-14-8-3-9-15-20/h1,3-5,8-11,14-15,19H,2,6-7,12-13,16-17H2,(H,24,28). The Morgan fingerprint density at radius 3 is 2.32 bits per heavy atom. The van der Waals surface area contributed by atoms with Crippen LogP contribution in [-0.4, -0.2) is 26.7 Å². The van der Waals surface area contributed by atoms with Gasteiger partial charge >= 0.3 is 0 Å². The van der Waals surface area contributed by atoms with Gasteiger partial charge in [-0.15, -0.1) is 5.10 Å². The molecule has 1 heterocycles. The van der Waals surface area contributed by atoms with Crippen LogP contribution in [0.25, 0.3) is 5.69 Å². The van der Waals surface area contributed by atoms with Crippen molar-refractivity contribution in [1.29, 1.82) is 0 Å². The number of rotatable bonds is 6. The molecule has 5 nitrogen and oxygen atoms in total. The first-order valence-electron chi connectivity index (χ1n) is 10.2. The van der Waals surface area contributed by atoms with Crippen LogP contribution in [0.4, 0.5) is 0 Å². The Kier molecular flexibility index (Phi) is 5.80. The van der Waals surface area contributed by atoms with Gasteiger partial charge in [-0.25, -0.2) is 9.67 Å². The molecule has 3 aromatic rings. The number of aromatic nitrogens is 3. The maximum Gasteiger partial charge on any atom is 0.291 e. The van der Waals surface area contributed by atoms with Crippen LogP contribution in [0.1, 0.15) is 54.1 Å². The molecule has 1 N–H and O–H groups in total. The predicted molar refractivity (Wildman–Crippen MR) is 110 cm³/mol. The molecule has 0 spiro atoms. The molecule has 0 unspecified atom stereocenters. The van der Waals surface area contributed by atoms with Crippen LogP contribution in [0, 0.1) is 0 Å². The molecular formula is C23H26N4O. The number of hydrogen-bond acceptors (Lipinski definition) is 3. The molecule has 0 bridgehead atoms. The van der Waals surface area contributed by atoms with E-state index >= 15 is 0 Å². The van der Waals surface area contributed by atoms with Crippen molar-refractivity contribution >= 4 is 5.91 Å². The van der Waals surface area contributed by atoms with Gasteiger partial charge in [0.1, 0.15) is 5.82 Å². The minimum atomic E-state index is -0.164. The van der Waals surface area contributed by atoms with E-state index in [1.54, 1.807) is 4.68 Å². The van der Waals surface area contributed by atoms with Gasteiger partial charge in [-0.3, -0.25) is 4.79 Å². The molecule has 1 amide bonds. The van der Waals surface area contributed by atoms with E-state index in [4.69, 9.17) is 0 Å². The van der Waals surface area contributed by atoms with E-state index in [-0.39, 0.29) is 17.8 Å². The van der Waals surface area contributed by atoms with Crippen LogP contribution in [0.2, 0.25) is 0 Å². The van der Waals surface area contributed by atoms with Gasteiger partial charge in [-0.1, -0.05) is 67.8 Å². The third-order valence-electron chi connectivity index (χ3n) is 5.30. The van der Waals surface area contributed by atoms with Crippen LogP contribution < -0.4 is 5.32 Å². The highest BCUT2D eigenvalue weighted by atomic mass is 16.2. The van der Waals surface area contributed by atoms with Gasteiger partial charge in [-0.2, -0.15) is 0 Å². The Bertz CT molecular complexity index is 899. The van der Waals surface area contributed by atoms with Crippen LogP contribution in [-0.2, 0) is 12.8 Å². The number of carbonyl (C=O) groups excluding carboxylic acids is 1. The van der Waals surface area contributed by atoms with Gasteiger partial charge in [0.15, 0.2) is 0 Å². The molecule has 0 radical (unpaired) electrons. The molecule has 0 saturated heterocycles. The number of para-hydroxylation sites is 1. The summed E-state index contributed by atoms with van der Waals surface area (Å²) in [5, 5.41) is 7.68. The molecule has 5 heteroatoms. The summed E-state index contributed by atoms with van der Waals surface area (Å²) in [6.45, 7) is 0. The fourth-order valence-electron chi connectivity index (χ4n) is 3.78. The summed E-state index contributed by atoms with van der Waals surface area (Å²) < 4.78 is 1.80. The maximum absolute atomic E-state index is 12.7. The van der Waals surface area contributed by atoms with Crippen LogP contribution in [0.5, 0.6) is 0 Å². The second-order valence-electron chi connectivity index (χ2n) is 7.39. The summed E-state index contributed by atoms with van der Waals surface area (Å²) in [6, 6.07) is 20.5. The number of carbonyl (C=O) groups is 1. The summed E-state index contributed by atoms with van der Waals surface area (Å²) in [5.74, 6) is 0.906. The van der Waals surface area contributed by atoms with Gasteiger partial charge in [0.2, 0.25) is 5.82 Å². The molecule has 1 saturated carbocycles. The van der Waals surface area contributed by atoms with Gasteiger partial charge in [0.25, 0.3) is 5.91 Å². The van der Waals surface area contributed by atoms with E-state index < -0.39 is 0 Å². The Labute approximate surface area is 165 Å². The number of aryl methyl sites for hydroxylation is 2. The molecule has 1 aliphatic carbocycles. The maximum atomic E-state index is 12.7. The van der Waals surface area contributed by atoms with Gasteiger partial charge in [0.05, 0.1) is 5.69 Å². The van der Waals surface area contributed by atoms with Crippen molar-refractivity contribution in [3.8, 4) is 5.69 Å². The van der Waals surface area contributed by atoms with Crippen LogP contribution in [0.15, 0.2) is 60.7 Å². The Morgan fingerprint density at radius 2 is 1.61 bits per heavy atom. The van der Waals surface area contributed by atoms with Crippen molar-refractivity contribution in [2.45, 2.75) is 51.0 Å². The molecule has 4 rings (SSSR count). The van der Waals surface area contributed by atoms with Gasteiger partial charge in [0, 0.05) is 12.5 Å². The van der Waals surface area contributed by atoms with Gasteiger partial charge < -0.3 is 5.32 Å². The third-order valence-corrected chi connectivity index (χ3v) is 5.30. The summed E-state index contributed by atoms with van der Waals surface area (Å²) in [5.41, 5.74) is 2.17. The Morgan fingerprint density at radius 1 is 0.929 bits per heavy atom. The van der Waals surface area contributed by atoms with E-state index in [2.05, 4.69) is 27.5 Å². The van der Waals surface area contributed by atoms with Crippen LogP contribution in [0.3, 0.4) is 0 Å². The summed E-state index contributed by atoms with van der Waals surface area (Å²) in [6.07, 6.45) is 7.30. The van der Waals surface area contributed by atoms with E-state index in [0.717, 1.165) is 37.2 Å². The summed E-state index contributed by atoms with van der Waals surface area (Å²) >= 11 is 0. The highest BCUT2D eigenvalue weighted by Gasteiger charge is 2.21. The summed E-state index contributed by atoms with van der Waals surface area (Å²) in [7, 11) is 0. The first-order chi connectivity index (χ1) is 13.8. The summed E-state index contributed by atoms with van der Waals surface area (Å²) in [4.78, 5) is 17.3. The largest absolute Gasteiger partial charge is 0.347 e. The quantitative estimate of drug-likeness (QED) is 0.706. The molecule has 0 atom stereocenters. The molecule has 2 aromatic carbocycles. The van der Waals surface area contributed by atoms with Crippen molar-refractivity contribution in [2.75, 3.05) is 0 Å². The second kappa shape index (κ2) is 8.83. The molecule has 0 aliphatic heterocycles. The van der Waals surface area contributed by atoms with E-state index in [1.807, 2.05) is 48.5 Å². The smallest absolute Gasteiger partial charge is 0.291 e. The topological polar surface area (TPSA) is 59.8 Å². The van der Waals surface area contributed by atoms with Crippen molar-refractivity contribution in [2.24, 2.45) is 0 Å². The van der Waals surface area contributed by atoms with E-state index in [0.29, 0.717) is 0 Å². The third kappa shape index (κ3) is 4.47. The molecule has 1 aliphatic rings. The average molecular weight is 374 g/mol. The Balaban J connectivity index is 1.55. The predicted octanol–water partition coefficient (Wildman–Crippen LogP) is 4.12. The zero-order valence-corrected chi connectivity index (χ0v) is 16.1. The van der Waals surface area contributed by atoms with E-state index in [9.17, 15) is 4.79 Å². The SMILES string of the molecule is O=C(NC1CCCCC1)c1nc(CCc2ccccc2)n(-c2ccccc2)n1.